The number of nitrogens with zero attached hydrogens (tertiary/aromatic N) is 1. The van der Waals surface area contributed by atoms with E-state index in [-0.39, 0.29) is 12.3 Å². The van der Waals surface area contributed by atoms with Crippen LogP contribution < -0.4 is 5.73 Å². The van der Waals surface area contributed by atoms with Crippen LogP contribution >= 0.6 is 0 Å². The SMILES string of the molecule is NC(=O)[C@H](C(=O)CN1CCOCC1)c1ccccc1. The van der Waals surface area contributed by atoms with Gasteiger partial charge in [0.05, 0.1) is 19.8 Å². The number of hydrogen-bond donors (Lipinski definition) is 1. The Labute approximate surface area is 112 Å². The standard InChI is InChI=1S/C14H18N2O3/c15-14(18)13(11-4-2-1-3-5-11)12(17)10-16-6-8-19-9-7-16/h1-5,13H,6-10H2,(H2,15,18)/t13-/m0/s1. The minimum Gasteiger partial charge on any atom is -0.379 e. The summed E-state index contributed by atoms with van der Waals surface area (Å²) in [6, 6.07) is 8.95. The fourth-order valence-corrected chi connectivity index (χ4v) is 2.23. The van der Waals surface area contributed by atoms with Gasteiger partial charge in [-0.1, -0.05) is 30.3 Å². The van der Waals surface area contributed by atoms with Gasteiger partial charge in [0.15, 0.2) is 5.78 Å². The summed E-state index contributed by atoms with van der Waals surface area (Å²) in [6.45, 7) is 2.92. The van der Waals surface area contributed by atoms with Crippen LogP contribution in [0.5, 0.6) is 0 Å². The molecule has 1 aliphatic heterocycles. The molecule has 0 saturated carbocycles. The van der Waals surface area contributed by atoms with Crippen molar-refractivity contribution in [2.45, 2.75) is 5.92 Å². The van der Waals surface area contributed by atoms with Crippen molar-refractivity contribution >= 4 is 11.7 Å². The summed E-state index contributed by atoms with van der Waals surface area (Å²) in [4.78, 5) is 25.8. The number of ketones is 1. The Morgan fingerprint density at radius 1 is 1.21 bits per heavy atom. The van der Waals surface area contributed by atoms with Crippen molar-refractivity contribution in [3.05, 3.63) is 35.9 Å². The highest BCUT2D eigenvalue weighted by Gasteiger charge is 2.27. The van der Waals surface area contributed by atoms with Crippen LogP contribution in [0, 0.1) is 0 Å². The van der Waals surface area contributed by atoms with Crippen molar-refractivity contribution in [3.63, 3.8) is 0 Å². The number of ether oxygens (including phenoxy) is 1. The molecule has 0 spiro atoms. The van der Waals surface area contributed by atoms with Crippen LogP contribution in [0.4, 0.5) is 0 Å². The Hall–Kier alpha value is -1.72. The van der Waals surface area contributed by atoms with E-state index in [4.69, 9.17) is 10.5 Å². The van der Waals surface area contributed by atoms with E-state index in [9.17, 15) is 9.59 Å². The van der Waals surface area contributed by atoms with Crippen molar-refractivity contribution in [1.82, 2.24) is 4.90 Å². The lowest BCUT2D eigenvalue weighted by Crippen LogP contribution is -2.42. The Morgan fingerprint density at radius 2 is 1.84 bits per heavy atom. The van der Waals surface area contributed by atoms with Gasteiger partial charge in [-0.3, -0.25) is 14.5 Å². The first-order valence-corrected chi connectivity index (χ1v) is 6.35. The number of hydrogen-bond acceptors (Lipinski definition) is 4. The van der Waals surface area contributed by atoms with Gasteiger partial charge in [-0.15, -0.1) is 0 Å². The summed E-state index contributed by atoms with van der Waals surface area (Å²) in [5.74, 6) is -1.60. The number of primary amides is 1. The number of Topliss-reactive ketones (excluding diaryl/α,β-unsaturated/α-hetero) is 1. The number of benzene rings is 1. The molecule has 1 atom stereocenters. The molecule has 1 aliphatic rings. The van der Waals surface area contributed by atoms with Gasteiger partial charge in [0.25, 0.3) is 0 Å². The number of carbonyl (C=O) groups excluding carboxylic acids is 2. The fourth-order valence-electron chi connectivity index (χ4n) is 2.23. The molecule has 1 aromatic rings. The maximum atomic E-state index is 12.3. The molecule has 1 saturated heterocycles. The lowest BCUT2D eigenvalue weighted by molar-refractivity contribution is -0.129. The van der Waals surface area contributed by atoms with E-state index in [1.807, 2.05) is 11.0 Å². The first-order valence-electron chi connectivity index (χ1n) is 6.35. The molecule has 1 heterocycles. The van der Waals surface area contributed by atoms with Crippen molar-refractivity contribution in [2.75, 3.05) is 32.8 Å². The molecule has 5 heteroatoms. The van der Waals surface area contributed by atoms with Crippen LogP contribution in [0.3, 0.4) is 0 Å². The molecule has 2 rings (SSSR count). The molecule has 0 aromatic heterocycles. The predicted molar refractivity (Wildman–Crippen MR) is 70.6 cm³/mol. The summed E-state index contributed by atoms with van der Waals surface area (Å²) in [5, 5.41) is 0. The predicted octanol–water partition coefficient (Wildman–Crippen LogP) is 0.157. The second-order valence-corrected chi connectivity index (χ2v) is 4.60. The van der Waals surface area contributed by atoms with E-state index in [0.717, 1.165) is 0 Å². The maximum absolute atomic E-state index is 12.3. The molecule has 0 aliphatic carbocycles. The zero-order valence-corrected chi connectivity index (χ0v) is 10.7. The van der Waals surface area contributed by atoms with Gasteiger partial charge in [-0.05, 0) is 5.56 Å². The minimum absolute atomic E-state index is 0.152. The van der Waals surface area contributed by atoms with E-state index in [2.05, 4.69) is 0 Å². The van der Waals surface area contributed by atoms with Gasteiger partial charge in [-0.25, -0.2) is 0 Å². The summed E-state index contributed by atoms with van der Waals surface area (Å²) in [7, 11) is 0. The van der Waals surface area contributed by atoms with Crippen LogP contribution in [-0.2, 0) is 14.3 Å². The molecule has 0 radical (unpaired) electrons. The van der Waals surface area contributed by atoms with Gasteiger partial charge in [-0.2, -0.15) is 0 Å². The normalized spacial score (nSPS) is 17.9. The van der Waals surface area contributed by atoms with Crippen LogP contribution in [-0.4, -0.2) is 49.4 Å². The molecule has 1 fully saturated rings. The number of amides is 1. The Kier molecular flexibility index (Phi) is 4.65. The third kappa shape index (κ3) is 3.62. The average molecular weight is 262 g/mol. The third-order valence-electron chi connectivity index (χ3n) is 3.22. The van der Waals surface area contributed by atoms with Crippen LogP contribution in [0.2, 0.25) is 0 Å². The average Bonchev–Trinajstić information content (AvgIpc) is 2.40. The second kappa shape index (κ2) is 6.45. The quantitative estimate of drug-likeness (QED) is 0.767. The molecule has 1 amide bonds. The largest absolute Gasteiger partial charge is 0.379 e. The number of nitrogens with two attached hydrogens (primary N) is 1. The van der Waals surface area contributed by atoms with Gasteiger partial charge in [0.1, 0.15) is 5.92 Å². The number of rotatable bonds is 5. The molecule has 5 nitrogen and oxygen atoms in total. The molecular formula is C14H18N2O3. The van der Waals surface area contributed by atoms with Crippen molar-refractivity contribution < 1.29 is 14.3 Å². The van der Waals surface area contributed by atoms with E-state index < -0.39 is 11.8 Å². The maximum Gasteiger partial charge on any atom is 0.232 e. The van der Waals surface area contributed by atoms with Crippen LogP contribution in [0.1, 0.15) is 11.5 Å². The lowest BCUT2D eigenvalue weighted by Gasteiger charge is -2.27. The molecule has 0 bridgehead atoms. The summed E-state index contributed by atoms with van der Waals surface area (Å²) >= 11 is 0. The Bertz CT molecular complexity index is 441. The van der Waals surface area contributed by atoms with Crippen molar-refractivity contribution in [1.29, 1.82) is 0 Å². The molecule has 19 heavy (non-hydrogen) atoms. The number of morpholine rings is 1. The van der Waals surface area contributed by atoms with E-state index in [1.165, 1.54) is 0 Å². The third-order valence-corrected chi connectivity index (χ3v) is 3.22. The van der Waals surface area contributed by atoms with Gasteiger partial charge in [0, 0.05) is 13.1 Å². The molecule has 2 N–H and O–H groups in total. The molecule has 1 aromatic carbocycles. The highest BCUT2D eigenvalue weighted by atomic mass is 16.5. The first kappa shape index (κ1) is 13.7. The number of carbonyl (C=O) groups is 2. The summed E-state index contributed by atoms with van der Waals surface area (Å²) in [5.41, 5.74) is 6.03. The first-order chi connectivity index (χ1) is 9.18. The highest BCUT2D eigenvalue weighted by Crippen LogP contribution is 2.17. The van der Waals surface area contributed by atoms with E-state index in [1.54, 1.807) is 24.3 Å². The van der Waals surface area contributed by atoms with Crippen molar-refractivity contribution in [3.8, 4) is 0 Å². The summed E-state index contributed by atoms with van der Waals surface area (Å²) in [6.07, 6.45) is 0. The highest BCUT2D eigenvalue weighted by molar-refractivity contribution is 6.06. The Balaban J connectivity index is 2.06. The van der Waals surface area contributed by atoms with E-state index >= 15 is 0 Å². The summed E-state index contributed by atoms with van der Waals surface area (Å²) < 4.78 is 5.23. The van der Waals surface area contributed by atoms with Crippen LogP contribution in [0.15, 0.2) is 30.3 Å². The zero-order chi connectivity index (χ0) is 13.7. The zero-order valence-electron chi connectivity index (χ0n) is 10.7. The Morgan fingerprint density at radius 3 is 2.42 bits per heavy atom. The van der Waals surface area contributed by atoms with Crippen LogP contribution in [0.25, 0.3) is 0 Å². The monoisotopic (exact) mass is 262 g/mol. The minimum atomic E-state index is -0.857. The topological polar surface area (TPSA) is 72.6 Å². The second-order valence-electron chi connectivity index (χ2n) is 4.60. The van der Waals surface area contributed by atoms with Gasteiger partial charge in [0.2, 0.25) is 5.91 Å². The van der Waals surface area contributed by atoms with Gasteiger partial charge < -0.3 is 10.5 Å². The molecule has 0 unspecified atom stereocenters. The lowest BCUT2D eigenvalue weighted by atomic mass is 9.93. The van der Waals surface area contributed by atoms with Crippen molar-refractivity contribution in [2.24, 2.45) is 5.73 Å². The van der Waals surface area contributed by atoms with E-state index in [0.29, 0.717) is 31.9 Å². The van der Waals surface area contributed by atoms with Gasteiger partial charge >= 0.3 is 0 Å². The smallest absolute Gasteiger partial charge is 0.232 e. The fraction of sp³-hybridized carbons (Fsp3) is 0.429. The molecular weight excluding hydrogens is 244 g/mol. The molecule has 102 valence electrons.